The second-order valence-corrected chi connectivity index (χ2v) is 4.34. The van der Waals surface area contributed by atoms with Gasteiger partial charge >= 0.3 is 0 Å². The molecule has 0 aromatic carbocycles. The summed E-state index contributed by atoms with van der Waals surface area (Å²) >= 11 is 1.60. The average Bonchev–Trinajstić information content (AvgIpc) is 2.76. The lowest BCUT2D eigenvalue weighted by atomic mass is 10.2. The Labute approximate surface area is 94.8 Å². The van der Waals surface area contributed by atoms with E-state index >= 15 is 0 Å². The second kappa shape index (κ2) is 7.82. The summed E-state index contributed by atoms with van der Waals surface area (Å²) in [6.07, 6.45) is 2.57. The Balaban J connectivity index is 2.00. The molecule has 0 bridgehead atoms. The molecule has 1 aromatic heterocycles. The van der Waals surface area contributed by atoms with Crippen LogP contribution in [0.1, 0.15) is 30.9 Å². The van der Waals surface area contributed by atoms with Gasteiger partial charge in [0, 0.05) is 13.2 Å². The summed E-state index contributed by atoms with van der Waals surface area (Å²) in [5.74, 6) is 0. The number of rotatable bonds is 8. The van der Waals surface area contributed by atoms with Crippen LogP contribution in [0.15, 0.2) is 16.8 Å². The molecule has 0 spiro atoms. The van der Waals surface area contributed by atoms with Crippen molar-refractivity contribution >= 4 is 11.3 Å². The highest BCUT2D eigenvalue weighted by Gasteiger charge is 2.06. The number of thiophene rings is 1. The summed E-state index contributed by atoms with van der Waals surface area (Å²) < 4.78 is 0. The highest BCUT2D eigenvalue weighted by Crippen LogP contribution is 2.14. The first-order valence-corrected chi connectivity index (χ1v) is 6.30. The van der Waals surface area contributed by atoms with Gasteiger partial charge < -0.3 is 15.5 Å². The van der Waals surface area contributed by atoms with Crippen LogP contribution in [-0.2, 0) is 0 Å². The first kappa shape index (κ1) is 12.6. The van der Waals surface area contributed by atoms with E-state index in [9.17, 15) is 5.11 Å². The molecule has 0 fully saturated rings. The molecule has 0 aliphatic heterocycles. The molecule has 1 heterocycles. The largest absolute Gasteiger partial charge is 0.396 e. The van der Waals surface area contributed by atoms with Crippen LogP contribution in [0.2, 0.25) is 0 Å². The molecule has 0 radical (unpaired) electrons. The zero-order valence-corrected chi connectivity index (χ0v) is 9.67. The van der Waals surface area contributed by atoms with E-state index in [4.69, 9.17) is 5.11 Å². The van der Waals surface area contributed by atoms with Crippen molar-refractivity contribution in [2.24, 2.45) is 0 Å². The van der Waals surface area contributed by atoms with Gasteiger partial charge in [0.1, 0.15) is 0 Å². The highest BCUT2D eigenvalue weighted by molar-refractivity contribution is 7.07. The van der Waals surface area contributed by atoms with E-state index < -0.39 is 6.10 Å². The number of hydrogen-bond donors (Lipinski definition) is 3. The first-order chi connectivity index (χ1) is 7.34. The van der Waals surface area contributed by atoms with E-state index in [0.29, 0.717) is 6.54 Å². The van der Waals surface area contributed by atoms with Crippen molar-refractivity contribution in [3.05, 3.63) is 22.4 Å². The van der Waals surface area contributed by atoms with Crippen molar-refractivity contribution in [3.8, 4) is 0 Å². The van der Waals surface area contributed by atoms with E-state index in [0.717, 1.165) is 31.4 Å². The SMILES string of the molecule is OCCCCCNCC(O)c1ccsc1. The monoisotopic (exact) mass is 229 g/mol. The van der Waals surface area contributed by atoms with Gasteiger partial charge in [0.05, 0.1) is 6.10 Å². The lowest BCUT2D eigenvalue weighted by molar-refractivity contribution is 0.175. The standard InChI is InChI=1S/C11H19NO2S/c13-6-3-1-2-5-12-8-11(14)10-4-7-15-9-10/h4,7,9,11-14H,1-3,5-6,8H2. The van der Waals surface area contributed by atoms with E-state index in [2.05, 4.69) is 5.32 Å². The molecule has 4 heteroatoms. The normalized spacial score (nSPS) is 12.9. The molecule has 1 rings (SSSR count). The van der Waals surface area contributed by atoms with Gasteiger partial charge in [-0.2, -0.15) is 11.3 Å². The number of unbranched alkanes of at least 4 members (excludes halogenated alkanes) is 2. The molecule has 1 aromatic rings. The maximum absolute atomic E-state index is 9.72. The number of aliphatic hydroxyl groups is 2. The molecule has 86 valence electrons. The predicted octanol–water partition coefficient (Wildman–Crippen LogP) is 1.53. The van der Waals surface area contributed by atoms with Crippen molar-refractivity contribution in [2.45, 2.75) is 25.4 Å². The van der Waals surface area contributed by atoms with Crippen LogP contribution in [0.4, 0.5) is 0 Å². The molecule has 15 heavy (non-hydrogen) atoms. The quantitative estimate of drug-likeness (QED) is 0.593. The maximum Gasteiger partial charge on any atom is 0.0922 e. The van der Waals surface area contributed by atoms with E-state index in [1.165, 1.54) is 0 Å². The van der Waals surface area contributed by atoms with E-state index in [1.807, 2.05) is 16.8 Å². The van der Waals surface area contributed by atoms with Gasteiger partial charge in [0.15, 0.2) is 0 Å². The third kappa shape index (κ3) is 5.28. The predicted molar refractivity (Wildman–Crippen MR) is 63.1 cm³/mol. The van der Waals surface area contributed by atoms with Crippen molar-refractivity contribution in [2.75, 3.05) is 19.7 Å². The Kier molecular flexibility index (Phi) is 6.59. The minimum Gasteiger partial charge on any atom is -0.396 e. The molecule has 0 aliphatic carbocycles. The molecule has 0 amide bonds. The lowest BCUT2D eigenvalue weighted by Gasteiger charge is -2.10. The fraction of sp³-hybridized carbons (Fsp3) is 0.636. The van der Waals surface area contributed by atoms with Gasteiger partial charge in [-0.1, -0.05) is 0 Å². The van der Waals surface area contributed by atoms with Gasteiger partial charge in [0.2, 0.25) is 0 Å². The fourth-order valence-corrected chi connectivity index (χ4v) is 2.07. The fourth-order valence-electron chi connectivity index (χ4n) is 1.36. The molecular weight excluding hydrogens is 210 g/mol. The highest BCUT2D eigenvalue weighted by atomic mass is 32.1. The smallest absolute Gasteiger partial charge is 0.0922 e. The third-order valence-electron chi connectivity index (χ3n) is 2.28. The van der Waals surface area contributed by atoms with Crippen LogP contribution in [-0.4, -0.2) is 29.9 Å². The Bertz CT molecular complexity index is 239. The molecule has 3 nitrogen and oxygen atoms in total. The second-order valence-electron chi connectivity index (χ2n) is 3.56. The van der Waals surface area contributed by atoms with Crippen molar-refractivity contribution in [1.29, 1.82) is 0 Å². The minimum absolute atomic E-state index is 0.275. The Morgan fingerprint density at radius 1 is 1.33 bits per heavy atom. The minimum atomic E-state index is -0.394. The third-order valence-corrected chi connectivity index (χ3v) is 2.98. The lowest BCUT2D eigenvalue weighted by Crippen LogP contribution is -2.22. The summed E-state index contributed by atoms with van der Waals surface area (Å²) in [5.41, 5.74) is 0.989. The van der Waals surface area contributed by atoms with Gasteiger partial charge in [0.25, 0.3) is 0 Å². The van der Waals surface area contributed by atoms with Crippen LogP contribution < -0.4 is 5.32 Å². The van der Waals surface area contributed by atoms with Crippen molar-refractivity contribution in [1.82, 2.24) is 5.32 Å². The number of hydrogen-bond acceptors (Lipinski definition) is 4. The summed E-state index contributed by atoms with van der Waals surface area (Å²) in [4.78, 5) is 0. The van der Waals surface area contributed by atoms with E-state index in [1.54, 1.807) is 11.3 Å². The topological polar surface area (TPSA) is 52.5 Å². The summed E-state index contributed by atoms with van der Waals surface area (Å²) in [5, 5.41) is 25.4. The van der Waals surface area contributed by atoms with Crippen molar-refractivity contribution < 1.29 is 10.2 Å². The zero-order valence-electron chi connectivity index (χ0n) is 8.85. The molecule has 0 saturated heterocycles. The molecule has 0 saturated carbocycles. The Morgan fingerprint density at radius 2 is 2.20 bits per heavy atom. The summed E-state index contributed by atoms with van der Waals surface area (Å²) in [6, 6.07) is 1.95. The zero-order chi connectivity index (χ0) is 10.9. The van der Waals surface area contributed by atoms with Gasteiger partial charge in [-0.15, -0.1) is 0 Å². The summed E-state index contributed by atoms with van der Waals surface area (Å²) in [7, 11) is 0. The molecule has 1 unspecified atom stereocenters. The van der Waals surface area contributed by atoms with Crippen LogP contribution in [0.25, 0.3) is 0 Å². The Morgan fingerprint density at radius 3 is 2.87 bits per heavy atom. The Hall–Kier alpha value is -0.420. The van der Waals surface area contributed by atoms with Crippen LogP contribution in [0.5, 0.6) is 0 Å². The maximum atomic E-state index is 9.72. The average molecular weight is 229 g/mol. The molecule has 3 N–H and O–H groups in total. The van der Waals surface area contributed by atoms with Crippen LogP contribution in [0, 0.1) is 0 Å². The molecule has 1 atom stereocenters. The van der Waals surface area contributed by atoms with Gasteiger partial charge in [-0.05, 0) is 48.2 Å². The first-order valence-electron chi connectivity index (χ1n) is 5.36. The molecular formula is C11H19NO2S. The molecule has 0 aliphatic rings. The summed E-state index contributed by atoms with van der Waals surface area (Å²) in [6.45, 7) is 1.79. The van der Waals surface area contributed by atoms with Crippen LogP contribution >= 0.6 is 11.3 Å². The van der Waals surface area contributed by atoms with Crippen molar-refractivity contribution in [3.63, 3.8) is 0 Å². The van der Waals surface area contributed by atoms with Gasteiger partial charge in [-0.3, -0.25) is 0 Å². The van der Waals surface area contributed by atoms with Crippen LogP contribution in [0.3, 0.4) is 0 Å². The van der Waals surface area contributed by atoms with E-state index in [-0.39, 0.29) is 6.61 Å². The van der Waals surface area contributed by atoms with Gasteiger partial charge in [-0.25, -0.2) is 0 Å². The number of aliphatic hydroxyl groups excluding tert-OH is 2. The number of nitrogens with one attached hydrogen (secondary N) is 1.